The van der Waals surface area contributed by atoms with E-state index in [1.54, 1.807) is 23.2 Å². The Hall–Kier alpha value is -3.97. The molecule has 1 atom stereocenters. The quantitative estimate of drug-likeness (QED) is 0.462. The summed E-state index contributed by atoms with van der Waals surface area (Å²) in [4.78, 5) is 28.2. The molecule has 9 nitrogen and oxygen atoms in total. The van der Waals surface area contributed by atoms with Gasteiger partial charge in [-0.25, -0.2) is 15.0 Å². The third-order valence-corrected chi connectivity index (χ3v) is 6.46. The highest BCUT2D eigenvalue weighted by Gasteiger charge is 2.26. The lowest BCUT2D eigenvalue weighted by Gasteiger charge is -2.12. The predicted octanol–water partition coefficient (Wildman–Crippen LogP) is 3.43. The molecule has 3 N–H and O–H groups in total. The normalized spacial score (nSPS) is 15.8. The molecule has 10 heteroatoms. The molecule has 4 aromatic rings. The summed E-state index contributed by atoms with van der Waals surface area (Å²) in [6.07, 6.45) is 8.29. The number of likely N-dealkylation sites (tertiary alicyclic amines) is 1. The highest BCUT2D eigenvalue weighted by molar-refractivity contribution is 7.15. The molecule has 0 radical (unpaired) electrons. The lowest BCUT2D eigenvalue weighted by Crippen LogP contribution is -2.15. The van der Waals surface area contributed by atoms with Crippen LogP contribution in [0, 0.1) is 18.4 Å². The van der Waals surface area contributed by atoms with E-state index in [-0.39, 0.29) is 11.9 Å². The Labute approximate surface area is 188 Å². The lowest BCUT2D eigenvalue weighted by atomic mass is 10.0. The number of nitrogens with one attached hydrogen (secondary N) is 1. The number of thiazole rings is 1. The van der Waals surface area contributed by atoms with Gasteiger partial charge in [-0.15, -0.1) is 11.3 Å². The highest BCUT2D eigenvalue weighted by atomic mass is 32.1. The number of benzene rings is 1. The number of rotatable bonds is 4. The van der Waals surface area contributed by atoms with Crippen molar-refractivity contribution in [1.29, 1.82) is 5.26 Å². The molecule has 4 heterocycles. The molecule has 0 aliphatic carbocycles. The molecule has 160 valence electrons. The zero-order chi connectivity index (χ0) is 22.2. The van der Waals surface area contributed by atoms with Crippen LogP contribution in [0.3, 0.4) is 0 Å². The minimum absolute atomic E-state index is 0.131. The van der Waals surface area contributed by atoms with E-state index >= 15 is 0 Å². The Morgan fingerprint density at radius 2 is 2.09 bits per heavy atom. The van der Waals surface area contributed by atoms with E-state index in [1.165, 1.54) is 17.7 Å². The molecule has 1 aliphatic rings. The first-order chi connectivity index (χ1) is 15.5. The van der Waals surface area contributed by atoms with Crippen LogP contribution in [0.25, 0.3) is 22.2 Å². The van der Waals surface area contributed by atoms with Crippen LogP contribution in [0.1, 0.15) is 27.7 Å². The summed E-state index contributed by atoms with van der Waals surface area (Å²) in [6.45, 7) is 3.30. The summed E-state index contributed by atoms with van der Waals surface area (Å²) in [5.74, 6) is 0.193. The molecule has 5 rings (SSSR count). The molecule has 1 fully saturated rings. The van der Waals surface area contributed by atoms with E-state index in [0.717, 1.165) is 40.0 Å². The van der Waals surface area contributed by atoms with Gasteiger partial charge in [0.2, 0.25) is 0 Å². The van der Waals surface area contributed by atoms with Gasteiger partial charge in [-0.2, -0.15) is 5.26 Å². The third kappa shape index (κ3) is 3.52. The Balaban J connectivity index is 1.48. The minimum Gasteiger partial charge on any atom is -0.383 e. The van der Waals surface area contributed by atoms with Gasteiger partial charge in [0, 0.05) is 41.5 Å². The topological polar surface area (TPSA) is 126 Å². The predicted molar refractivity (Wildman–Crippen MR) is 123 cm³/mol. The SMILES string of the molecule is Cc1cnc(NC(=O)c2ccc(-c3cn(C4CCN(C#N)C4)c4ncnc(N)c34)cc2)s1. The molecular weight excluding hydrogens is 424 g/mol. The maximum absolute atomic E-state index is 12.6. The Kier molecular flexibility index (Phi) is 4.95. The molecule has 0 bridgehead atoms. The number of nitriles is 1. The zero-order valence-corrected chi connectivity index (χ0v) is 18.1. The summed E-state index contributed by atoms with van der Waals surface area (Å²) in [6, 6.07) is 7.47. The molecule has 1 unspecified atom stereocenters. The molecule has 1 aromatic carbocycles. The van der Waals surface area contributed by atoms with Crippen LogP contribution in [0.4, 0.5) is 10.9 Å². The van der Waals surface area contributed by atoms with Crippen molar-refractivity contribution in [2.24, 2.45) is 0 Å². The fourth-order valence-corrected chi connectivity index (χ4v) is 4.71. The van der Waals surface area contributed by atoms with Crippen molar-refractivity contribution < 1.29 is 4.79 Å². The van der Waals surface area contributed by atoms with Crippen LogP contribution in [-0.4, -0.2) is 43.4 Å². The molecule has 32 heavy (non-hydrogen) atoms. The van der Waals surface area contributed by atoms with Crippen molar-refractivity contribution >= 4 is 39.2 Å². The number of carbonyl (C=O) groups excluding carboxylic acids is 1. The van der Waals surface area contributed by atoms with E-state index in [9.17, 15) is 10.1 Å². The standard InChI is InChI=1S/C22H20N8OS/c1-13-8-25-22(32-13)28-21(31)15-4-2-14(3-5-15)17-10-30(16-6-7-29(9-16)11-23)20-18(17)19(24)26-12-27-20/h2-5,8,10,12,16H,6-7,9H2,1H3,(H2,24,26,27)(H,25,28,31). The van der Waals surface area contributed by atoms with E-state index < -0.39 is 0 Å². The van der Waals surface area contributed by atoms with Crippen LogP contribution >= 0.6 is 11.3 Å². The Morgan fingerprint density at radius 3 is 2.78 bits per heavy atom. The average Bonchev–Trinajstić information content (AvgIpc) is 3.52. The van der Waals surface area contributed by atoms with Gasteiger partial charge in [-0.3, -0.25) is 10.1 Å². The number of nitrogen functional groups attached to an aromatic ring is 1. The van der Waals surface area contributed by atoms with Gasteiger partial charge in [0.05, 0.1) is 11.4 Å². The molecule has 1 saturated heterocycles. The van der Waals surface area contributed by atoms with Crippen molar-refractivity contribution in [1.82, 2.24) is 24.4 Å². The summed E-state index contributed by atoms with van der Waals surface area (Å²) in [5.41, 5.74) is 9.32. The molecule has 3 aromatic heterocycles. The maximum atomic E-state index is 12.6. The molecule has 1 amide bonds. The van der Waals surface area contributed by atoms with Gasteiger partial charge < -0.3 is 15.2 Å². The number of amides is 1. The van der Waals surface area contributed by atoms with Gasteiger partial charge in [0.1, 0.15) is 17.8 Å². The number of aryl methyl sites for hydroxylation is 1. The first kappa shape index (κ1) is 20.0. The highest BCUT2D eigenvalue weighted by Crippen LogP contribution is 2.36. The zero-order valence-electron chi connectivity index (χ0n) is 17.3. The van der Waals surface area contributed by atoms with E-state index in [2.05, 4.69) is 31.0 Å². The van der Waals surface area contributed by atoms with Gasteiger partial charge >= 0.3 is 0 Å². The van der Waals surface area contributed by atoms with Crippen molar-refractivity contribution in [3.63, 3.8) is 0 Å². The van der Waals surface area contributed by atoms with E-state index in [1.807, 2.05) is 25.3 Å². The second-order valence-corrected chi connectivity index (χ2v) is 8.94. The largest absolute Gasteiger partial charge is 0.383 e. The first-order valence-electron chi connectivity index (χ1n) is 10.1. The van der Waals surface area contributed by atoms with Crippen LogP contribution in [-0.2, 0) is 0 Å². The fraction of sp³-hybridized carbons (Fsp3) is 0.227. The second kappa shape index (κ2) is 7.94. The van der Waals surface area contributed by atoms with Gasteiger partial charge in [0.15, 0.2) is 11.3 Å². The van der Waals surface area contributed by atoms with Crippen LogP contribution in [0.5, 0.6) is 0 Å². The fourth-order valence-electron chi connectivity index (χ4n) is 4.05. The summed E-state index contributed by atoms with van der Waals surface area (Å²) in [7, 11) is 0. The van der Waals surface area contributed by atoms with Crippen molar-refractivity contribution in [2.45, 2.75) is 19.4 Å². The number of hydrogen-bond donors (Lipinski definition) is 2. The number of aromatic nitrogens is 4. The van der Waals surface area contributed by atoms with Gasteiger partial charge in [0.25, 0.3) is 5.91 Å². The number of carbonyl (C=O) groups is 1. The summed E-state index contributed by atoms with van der Waals surface area (Å²) < 4.78 is 2.09. The number of fused-ring (bicyclic) bond motifs is 1. The molecule has 0 saturated carbocycles. The lowest BCUT2D eigenvalue weighted by molar-refractivity contribution is 0.102. The number of hydrogen-bond acceptors (Lipinski definition) is 8. The minimum atomic E-state index is -0.210. The summed E-state index contributed by atoms with van der Waals surface area (Å²) >= 11 is 1.43. The monoisotopic (exact) mass is 444 g/mol. The van der Waals surface area contributed by atoms with Crippen LogP contribution in [0.15, 0.2) is 43.0 Å². The van der Waals surface area contributed by atoms with Crippen molar-refractivity contribution in [3.05, 3.63) is 53.4 Å². The van der Waals surface area contributed by atoms with E-state index in [0.29, 0.717) is 23.1 Å². The maximum Gasteiger partial charge on any atom is 0.257 e. The van der Waals surface area contributed by atoms with Gasteiger partial charge in [-0.1, -0.05) is 12.1 Å². The second-order valence-electron chi connectivity index (χ2n) is 7.70. The Morgan fingerprint density at radius 1 is 1.28 bits per heavy atom. The van der Waals surface area contributed by atoms with Crippen molar-refractivity contribution in [3.8, 4) is 17.3 Å². The van der Waals surface area contributed by atoms with E-state index in [4.69, 9.17) is 5.73 Å². The number of nitrogens with two attached hydrogens (primary N) is 1. The van der Waals surface area contributed by atoms with Crippen molar-refractivity contribution in [2.75, 3.05) is 24.1 Å². The summed E-state index contributed by atoms with van der Waals surface area (Å²) in [5, 5.41) is 13.4. The number of nitrogens with zero attached hydrogens (tertiary/aromatic N) is 6. The molecular formula is C22H20N8OS. The average molecular weight is 445 g/mol. The molecule has 1 aliphatic heterocycles. The number of anilines is 2. The smallest absolute Gasteiger partial charge is 0.257 e. The van der Waals surface area contributed by atoms with Crippen LogP contribution in [0.2, 0.25) is 0 Å². The third-order valence-electron chi connectivity index (χ3n) is 5.64. The van der Waals surface area contributed by atoms with Crippen LogP contribution < -0.4 is 11.1 Å². The van der Waals surface area contributed by atoms with Gasteiger partial charge in [-0.05, 0) is 31.0 Å². The first-order valence-corrected chi connectivity index (χ1v) is 10.9. The Bertz CT molecular complexity index is 1350. The molecule has 0 spiro atoms.